The SMILES string of the molecule is CCCS(=O)(=O)N1CCCC(C2NC(CNC(C)=O)CS2)C1. The van der Waals surface area contributed by atoms with Gasteiger partial charge in [-0.25, -0.2) is 12.7 Å². The molecule has 0 saturated carbocycles. The normalized spacial score (nSPS) is 30.4. The molecule has 8 heteroatoms. The van der Waals surface area contributed by atoms with Gasteiger partial charge in [0.15, 0.2) is 0 Å². The van der Waals surface area contributed by atoms with Crippen molar-refractivity contribution >= 4 is 27.7 Å². The van der Waals surface area contributed by atoms with Crippen LogP contribution in [-0.4, -0.2) is 61.2 Å². The van der Waals surface area contributed by atoms with E-state index >= 15 is 0 Å². The lowest BCUT2D eigenvalue weighted by Gasteiger charge is -2.34. The van der Waals surface area contributed by atoms with E-state index in [0.717, 1.165) is 18.6 Å². The van der Waals surface area contributed by atoms with Gasteiger partial charge in [0.05, 0.1) is 11.1 Å². The standard InChI is InChI=1S/C14H27N3O3S2/c1-3-7-22(19,20)17-6-4-5-12(9-17)14-16-13(10-21-14)8-15-11(2)18/h12-14,16H,3-10H2,1-2H3,(H,15,18). The molecule has 0 spiro atoms. The third-order valence-corrected chi connectivity index (χ3v) is 7.70. The van der Waals surface area contributed by atoms with Crippen LogP contribution in [0.4, 0.5) is 0 Å². The van der Waals surface area contributed by atoms with Crippen molar-refractivity contribution in [1.82, 2.24) is 14.9 Å². The average Bonchev–Trinajstić information content (AvgIpc) is 2.94. The number of hydrogen-bond donors (Lipinski definition) is 2. The Balaban J connectivity index is 1.87. The highest BCUT2D eigenvalue weighted by atomic mass is 32.2. The molecule has 6 nitrogen and oxygen atoms in total. The number of carbonyl (C=O) groups is 1. The average molecular weight is 350 g/mol. The van der Waals surface area contributed by atoms with E-state index in [4.69, 9.17) is 0 Å². The van der Waals surface area contributed by atoms with Crippen LogP contribution in [0.25, 0.3) is 0 Å². The molecule has 2 aliphatic heterocycles. The molecule has 128 valence electrons. The number of nitrogens with one attached hydrogen (secondary N) is 2. The predicted molar refractivity (Wildman–Crippen MR) is 90.2 cm³/mol. The molecule has 0 aromatic carbocycles. The van der Waals surface area contributed by atoms with E-state index in [-0.39, 0.29) is 17.7 Å². The largest absolute Gasteiger partial charge is 0.355 e. The first-order chi connectivity index (χ1) is 10.4. The lowest BCUT2D eigenvalue weighted by atomic mass is 9.99. The number of sulfonamides is 1. The molecule has 22 heavy (non-hydrogen) atoms. The Morgan fingerprint density at radius 1 is 1.45 bits per heavy atom. The molecule has 2 rings (SSSR count). The summed E-state index contributed by atoms with van der Waals surface area (Å²) in [7, 11) is -3.09. The lowest BCUT2D eigenvalue weighted by molar-refractivity contribution is -0.119. The summed E-state index contributed by atoms with van der Waals surface area (Å²) in [6.45, 7) is 5.35. The summed E-state index contributed by atoms with van der Waals surface area (Å²) >= 11 is 1.85. The zero-order valence-electron chi connectivity index (χ0n) is 13.4. The molecule has 0 aromatic rings. The van der Waals surface area contributed by atoms with Crippen molar-refractivity contribution in [2.24, 2.45) is 5.92 Å². The van der Waals surface area contributed by atoms with Gasteiger partial charge in [-0.2, -0.15) is 0 Å². The highest BCUT2D eigenvalue weighted by molar-refractivity contribution is 8.00. The highest BCUT2D eigenvalue weighted by Gasteiger charge is 2.36. The van der Waals surface area contributed by atoms with Crippen LogP contribution in [0.3, 0.4) is 0 Å². The van der Waals surface area contributed by atoms with Crippen molar-refractivity contribution in [2.75, 3.05) is 31.1 Å². The molecule has 3 unspecified atom stereocenters. The molecule has 2 N–H and O–H groups in total. The number of carbonyl (C=O) groups excluding carboxylic acids is 1. The van der Waals surface area contributed by atoms with Gasteiger partial charge in [0.25, 0.3) is 0 Å². The van der Waals surface area contributed by atoms with Gasteiger partial charge in [-0.1, -0.05) is 6.92 Å². The van der Waals surface area contributed by atoms with E-state index in [0.29, 0.717) is 37.3 Å². The second-order valence-corrected chi connectivity index (χ2v) is 9.39. The number of rotatable bonds is 6. The van der Waals surface area contributed by atoms with E-state index in [1.165, 1.54) is 6.92 Å². The van der Waals surface area contributed by atoms with Gasteiger partial charge in [0.1, 0.15) is 0 Å². The van der Waals surface area contributed by atoms with Gasteiger partial charge in [-0.3, -0.25) is 10.1 Å². The molecular formula is C14H27N3O3S2. The Bertz CT molecular complexity index is 484. The molecule has 2 fully saturated rings. The van der Waals surface area contributed by atoms with Crippen molar-refractivity contribution in [3.63, 3.8) is 0 Å². The molecule has 0 aromatic heterocycles. The van der Waals surface area contributed by atoms with Crippen LogP contribution >= 0.6 is 11.8 Å². The fraction of sp³-hybridized carbons (Fsp3) is 0.929. The second-order valence-electron chi connectivity index (χ2n) is 6.13. The van der Waals surface area contributed by atoms with E-state index in [1.54, 1.807) is 4.31 Å². The van der Waals surface area contributed by atoms with Crippen LogP contribution in [0, 0.1) is 5.92 Å². The summed E-state index contributed by atoms with van der Waals surface area (Å²) in [6.07, 6.45) is 2.66. The van der Waals surface area contributed by atoms with E-state index < -0.39 is 10.0 Å². The number of piperidine rings is 1. The Morgan fingerprint density at radius 2 is 2.23 bits per heavy atom. The molecule has 2 saturated heterocycles. The zero-order chi connectivity index (χ0) is 16.2. The smallest absolute Gasteiger partial charge is 0.216 e. The lowest BCUT2D eigenvalue weighted by Crippen LogP contribution is -2.48. The third kappa shape index (κ3) is 4.84. The van der Waals surface area contributed by atoms with Gasteiger partial charge in [0, 0.05) is 38.4 Å². The Labute approximate surface area is 137 Å². The minimum Gasteiger partial charge on any atom is -0.355 e. The van der Waals surface area contributed by atoms with E-state index in [1.807, 2.05) is 18.7 Å². The topological polar surface area (TPSA) is 78.5 Å². The summed E-state index contributed by atoms with van der Waals surface area (Å²) in [4.78, 5) is 11.0. The quantitative estimate of drug-likeness (QED) is 0.734. The molecule has 0 aliphatic carbocycles. The molecular weight excluding hydrogens is 322 g/mol. The molecule has 0 radical (unpaired) electrons. The molecule has 1 amide bonds. The number of nitrogens with zero attached hydrogens (tertiary/aromatic N) is 1. The van der Waals surface area contributed by atoms with Crippen LogP contribution in [0.2, 0.25) is 0 Å². The molecule has 3 atom stereocenters. The first-order valence-electron chi connectivity index (χ1n) is 8.02. The number of thioether (sulfide) groups is 1. The maximum Gasteiger partial charge on any atom is 0.216 e. The van der Waals surface area contributed by atoms with Crippen LogP contribution in [0.1, 0.15) is 33.1 Å². The minimum atomic E-state index is -3.09. The van der Waals surface area contributed by atoms with Crippen LogP contribution < -0.4 is 10.6 Å². The Hall–Kier alpha value is -0.310. The van der Waals surface area contributed by atoms with Crippen molar-refractivity contribution in [1.29, 1.82) is 0 Å². The molecule has 2 heterocycles. The number of hydrogen-bond acceptors (Lipinski definition) is 5. The third-order valence-electron chi connectivity index (χ3n) is 4.18. The van der Waals surface area contributed by atoms with Crippen molar-refractivity contribution in [3.05, 3.63) is 0 Å². The maximum absolute atomic E-state index is 12.2. The monoisotopic (exact) mass is 349 g/mol. The zero-order valence-corrected chi connectivity index (χ0v) is 15.0. The minimum absolute atomic E-state index is 0.00949. The molecule has 0 bridgehead atoms. The maximum atomic E-state index is 12.2. The van der Waals surface area contributed by atoms with Gasteiger partial charge in [0.2, 0.25) is 15.9 Å². The first-order valence-corrected chi connectivity index (χ1v) is 10.7. The van der Waals surface area contributed by atoms with Crippen LogP contribution in [0.5, 0.6) is 0 Å². The van der Waals surface area contributed by atoms with Crippen molar-refractivity contribution in [2.45, 2.75) is 44.5 Å². The van der Waals surface area contributed by atoms with E-state index in [2.05, 4.69) is 10.6 Å². The fourth-order valence-corrected chi connectivity index (χ4v) is 6.10. The van der Waals surface area contributed by atoms with Gasteiger partial charge >= 0.3 is 0 Å². The summed E-state index contributed by atoms with van der Waals surface area (Å²) < 4.78 is 26.2. The summed E-state index contributed by atoms with van der Waals surface area (Å²) in [6, 6.07) is 0.279. The van der Waals surface area contributed by atoms with Crippen molar-refractivity contribution < 1.29 is 13.2 Å². The summed E-state index contributed by atoms with van der Waals surface area (Å²) in [5.41, 5.74) is 0. The summed E-state index contributed by atoms with van der Waals surface area (Å²) in [5.74, 6) is 1.55. The Kier molecular flexibility index (Phi) is 6.55. The molecule has 2 aliphatic rings. The second kappa shape index (κ2) is 7.99. The fourth-order valence-electron chi connectivity index (χ4n) is 3.07. The highest BCUT2D eigenvalue weighted by Crippen LogP contribution is 2.31. The van der Waals surface area contributed by atoms with Gasteiger partial charge in [-0.05, 0) is 25.2 Å². The van der Waals surface area contributed by atoms with Crippen LogP contribution in [-0.2, 0) is 14.8 Å². The van der Waals surface area contributed by atoms with E-state index in [9.17, 15) is 13.2 Å². The van der Waals surface area contributed by atoms with Gasteiger partial charge < -0.3 is 5.32 Å². The predicted octanol–water partition coefficient (Wildman–Crippen LogP) is 0.605. The van der Waals surface area contributed by atoms with Gasteiger partial charge in [-0.15, -0.1) is 11.8 Å². The first kappa shape index (κ1) is 18.0. The Morgan fingerprint density at radius 3 is 2.91 bits per heavy atom. The number of amides is 1. The van der Waals surface area contributed by atoms with Crippen LogP contribution in [0.15, 0.2) is 0 Å². The summed E-state index contributed by atoms with van der Waals surface area (Å²) in [5, 5.41) is 6.68. The van der Waals surface area contributed by atoms with Crippen molar-refractivity contribution in [3.8, 4) is 0 Å².